The van der Waals surface area contributed by atoms with E-state index in [2.05, 4.69) is 25.0 Å². The highest BCUT2D eigenvalue weighted by Gasteiger charge is 2.19. The second-order valence-corrected chi connectivity index (χ2v) is 5.33. The van der Waals surface area contributed by atoms with E-state index in [1.54, 1.807) is 17.1 Å². The summed E-state index contributed by atoms with van der Waals surface area (Å²) in [5, 5.41) is 4.17. The molecule has 0 aromatic carbocycles. The molecule has 3 aromatic rings. The number of morpholine rings is 1. The van der Waals surface area contributed by atoms with Gasteiger partial charge in [-0.2, -0.15) is 15.1 Å². The van der Waals surface area contributed by atoms with Crippen LogP contribution in [0, 0.1) is 0 Å². The van der Waals surface area contributed by atoms with Gasteiger partial charge < -0.3 is 15.4 Å². The van der Waals surface area contributed by atoms with Crippen molar-refractivity contribution in [1.82, 2.24) is 29.7 Å². The van der Waals surface area contributed by atoms with Gasteiger partial charge in [-0.3, -0.25) is 4.68 Å². The van der Waals surface area contributed by atoms with Crippen LogP contribution in [0.25, 0.3) is 22.4 Å². The normalized spacial score (nSPS) is 15.3. The van der Waals surface area contributed by atoms with Gasteiger partial charge in [0.2, 0.25) is 5.95 Å². The quantitative estimate of drug-likeness (QED) is 0.717. The summed E-state index contributed by atoms with van der Waals surface area (Å²) in [6, 6.07) is 0. The molecule has 1 fully saturated rings. The highest BCUT2D eigenvalue weighted by molar-refractivity contribution is 5.85. The fourth-order valence-corrected chi connectivity index (χ4v) is 2.60. The topological polar surface area (TPSA) is 108 Å². The number of nitrogens with two attached hydrogens (primary N) is 1. The molecule has 0 radical (unpaired) electrons. The Hall–Kier alpha value is -2.81. The van der Waals surface area contributed by atoms with Crippen LogP contribution in [-0.4, -0.2) is 56.0 Å². The number of fused-ring (bicyclic) bond motifs is 1. The van der Waals surface area contributed by atoms with Crippen LogP contribution in [-0.2, 0) is 11.8 Å². The smallest absolute Gasteiger partial charge is 0.224 e. The minimum atomic E-state index is 0.197. The molecule has 118 valence electrons. The van der Waals surface area contributed by atoms with E-state index in [-0.39, 0.29) is 5.95 Å². The summed E-state index contributed by atoms with van der Waals surface area (Å²) < 4.78 is 7.12. The van der Waals surface area contributed by atoms with Crippen LogP contribution in [0.15, 0.2) is 18.6 Å². The van der Waals surface area contributed by atoms with Gasteiger partial charge in [-0.25, -0.2) is 9.97 Å². The third kappa shape index (κ3) is 2.55. The summed E-state index contributed by atoms with van der Waals surface area (Å²) in [7, 11) is 1.86. The Morgan fingerprint density at radius 1 is 1.13 bits per heavy atom. The second-order valence-electron chi connectivity index (χ2n) is 5.33. The number of hydrogen-bond acceptors (Lipinski definition) is 8. The lowest BCUT2D eigenvalue weighted by molar-refractivity contribution is 0.122. The molecule has 1 saturated heterocycles. The summed E-state index contributed by atoms with van der Waals surface area (Å²) in [6.45, 7) is 2.79. The van der Waals surface area contributed by atoms with Crippen molar-refractivity contribution < 1.29 is 4.74 Å². The number of nitrogen functional groups attached to an aromatic ring is 1. The molecule has 0 aliphatic carbocycles. The molecule has 1 aliphatic rings. The number of aryl methyl sites for hydroxylation is 1. The lowest BCUT2D eigenvalue weighted by atomic mass is 10.2. The molecule has 4 heterocycles. The fourth-order valence-electron chi connectivity index (χ4n) is 2.60. The van der Waals surface area contributed by atoms with Crippen molar-refractivity contribution in [2.45, 2.75) is 0 Å². The molecule has 0 atom stereocenters. The zero-order chi connectivity index (χ0) is 15.8. The van der Waals surface area contributed by atoms with Crippen molar-refractivity contribution in [3.63, 3.8) is 0 Å². The third-order valence-corrected chi connectivity index (χ3v) is 3.72. The van der Waals surface area contributed by atoms with Gasteiger partial charge in [-0.05, 0) is 0 Å². The molecule has 9 heteroatoms. The van der Waals surface area contributed by atoms with E-state index >= 15 is 0 Å². The van der Waals surface area contributed by atoms with E-state index in [9.17, 15) is 0 Å². The van der Waals surface area contributed by atoms with Crippen molar-refractivity contribution in [2.75, 3.05) is 36.9 Å². The molecule has 3 aromatic heterocycles. The van der Waals surface area contributed by atoms with E-state index in [1.165, 1.54) is 0 Å². The number of nitrogens with zero attached hydrogens (tertiary/aromatic N) is 7. The monoisotopic (exact) mass is 312 g/mol. The molecule has 1 aliphatic heterocycles. The standard InChI is InChI=1S/C14H16N8O/c1-21-8-9(6-17-21)10-7-16-12-11(18-10)13(20-14(15)19-12)22-2-4-23-5-3-22/h6-8H,2-5H2,1H3,(H2,15,16,19,20). The number of hydrogen-bond donors (Lipinski definition) is 1. The lowest BCUT2D eigenvalue weighted by Gasteiger charge is -2.28. The average molecular weight is 312 g/mol. The molecule has 9 nitrogen and oxygen atoms in total. The first kappa shape index (κ1) is 13.8. The maximum atomic E-state index is 5.82. The maximum absolute atomic E-state index is 5.82. The summed E-state index contributed by atoms with van der Waals surface area (Å²) in [6.07, 6.45) is 5.32. The highest BCUT2D eigenvalue weighted by atomic mass is 16.5. The van der Waals surface area contributed by atoms with Crippen LogP contribution in [0.1, 0.15) is 0 Å². The summed E-state index contributed by atoms with van der Waals surface area (Å²) in [4.78, 5) is 19.8. The van der Waals surface area contributed by atoms with Crippen LogP contribution in [0.3, 0.4) is 0 Å². The molecule has 0 unspecified atom stereocenters. The Morgan fingerprint density at radius 3 is 2.70 bits per heavy atom. The molecule has 0 spiro atoms. The van der Waals surface area contributed by atoms with Crippen LogP contribution in [0.2, 0.25) is 0 Å². The van der Waals surface area contributed by atoms with Gasteiger partial charge in [-0.15, -0.1) is 0 Å². The molecular weight excluding hydrogens is 296 g/mol. The Morgan fingerprint density at radius 2 is 1.96 bits per heavy atom. The van der Waals surface area contributed by atoms with Crippen LogP contribution in [0.5, 0.6) is 0 Å². The largest absolute Gasteiger partial charge is 0.378 e. The highest BCUT2D eigenvalue weighted by Crippen LogP contribution is 2.25. The predicted octanol–water partition coefficient (Wildman–Crippen LogP) is 0.239. The van der Waals surface area contributed by atoms with Crippen molar-refractivity contribution in [1.29, 1.82) is 0 Å². The average Bonchev–Trinajstić information content (AvgIpc) is 3.01. The van der Waals surface area contributed by atoms with Gasteiger partial charge in [0.1, 0.15) is 0 Å². The van der Waals surface area contributed by atoms with E-state index in [0.717, 1.165) is 24.3 Å². The maximum Gasteiger partial charge on any atom is 0.224 e. The van der Waals surface area contributed by atoms with Crippen molar-refractivity contribution in [3.8, 4) is 11.3 Å². The molecule has 2 N–H and O–H groups in total. The van der Waals surface area contributed by atoms with Crippen molar-refractivity contribution >= 4 is 22.9 Å². The number of rotatable bonds is 2. The Balaban J connectivity index is 1.86. The van der Waals surface area contributed by atoms with Gasteiger partial charge in [0, 0.05) is 31.9 Å². The zero-order valence-electron chi connectivity index (χ0n) is 12.7. The van der Waals surface area contributed by atoms with E-state index < -0.39 is 0 Å². The van der Waals surface area contributed by atoms with Crippen LogP contribution < -0.4 is 10.6 Å². The molecule has 0 bridgehead atoms. The Bertz CT molecular complexity index is 855. The lowest BCUT2D eigenvalue weighted by Crippen LogP contribution is -2.37. The first-order valence-corrected chi connectivity index (χ1v) is 7.33. The van der Waals surface area contributed by atoms with E-state index in [1.807, 2.05) is 13.2 Å². The number of aromatic nitrogens is 6. The summed E-state index contributed by atoms with van der Waals surface area (Å²) in [5.41, 5.74) is 8.58. The minimum Gasteiger partial charge on any atom is -0.378 e. The van der Waals surface area contributed by atoms with Crippen molar-refractivity contribution in [3.05, 3.63) is 18.6 Å². The zero-order valence-corrected chi connectivity index (χ0v) is 12.7. The molecule has 0 saturated carbocycles. The number of ether oxygens (including phenoxy) is 1. The molecule has 0 amide bonds. The first-order chi connectivity index (χ1) is 11.2. The summed E-state index contributed by atoms with van der Waals surface area (Å²) in [5.74, 6) is 0.899. The first-order valence-electron chi connectivity index (χ1n) is 7.33. The van der Waals surface area contributed by atoms with Crippen LogP contribution >= 0.6 is 0 Å². The number of anilines is 2. The fraction of sp³-hybridized carbons (Fsp3) is 0.357. The van der Waals surface area contributed by atoms with Gasteiger partial charge in [-0.1, -0.05) is 0 Å². The van der Waals surface area contributed by atoms with Gasteiger partial charge in [0.25, 0.3) is 0 Å². The predicted molar refractivity (Wildman–Crippen MR) is 84.8 cm³/mol. The third-order valence-electron chi connectivity index (χ3n) is 3.72. The minimum absolute atomic E-state index is 0.197. The van der Waals surface area contributed by atoms with Gasteiger partial charge >= 0.3 is 0 Å². The Labute approximate surface area is 132 Å². The van der Waals surface area contributed by atoms with E-state index in [4.69, 9.17) is 15.5 Å². The van der Waals surface area contributed by atoms with Crippen molar-refractivity contribution in [2.24, 2.45) is 7.05 Å². The molecule has 23 heavy (non-hydrogen) atoms. The molecule has 4 rings (SSSR count). The van der Waals surface area contributed by atoms with Crippen LogP contribution in [0.4, 0.5) is 11.8 Å². The Kier molecular flexibility index (Phi) is 3.27. The van der Waals surface area contributed by atoms with Gasteiger partial charge in [0.15, 0.2) is 17.0 Å². The van der Waals surface area contributed by atoms with Gasteiger partial charge in [0.05, 0.1) is 31.3 Å². The molecular formula is C14H16N8O. The SMILES string of the molecule is Cn1cc(-c2cnc3nc(N)nc(N4CCOCC4)c3n2)cn1. The van der Waals surface area contributed by atoms with E-state index in [0.29, 0.717) is 30.2 Å². The summed E-state index contributed by atoms with van der Waals surface area (Å²) >= 11 is 0. The second kappa shape index (κ2) is 5.43.